The SMILES string of the molecule is CN(CCCC=O)c1cn(C)c(=O)n(C)c1=O. The lowest BCUT2D eigenvalue weighted by atomic mass is 10.3. The van der Waals surface area contributed by atoms with Crippen molar-refractivity contribution in [1.82, 2.24) is 9.13 Å². The second-order valence-electron chi connectivity index (χ2n) is 4.00. The fourth-order valence-electron chi connectivity index (χ4n) is 1.58. The van der Waals surface area contributed by atoms with Gasteiger partial charge in [0.2, 0.25) is 0 Å². The van der Waals surface area contributed by atoms with E-state index in [1.54, 1.807) is 19.0 Å². The van der Waals surface area contributed by atoms with Crippen molar-refractivity contribution in [3.05, 3.63) is 27.0 Å². The van der Waals surface area contributed by atoms with E-state index in [2.05, 4.69) is 0 Å². The molecule has 0 aliphatic rings. The van der Waals surface area contributed by atoms with Crippen LogP contribution in [0.15, 0.2) is 15.8 Å². The highest BCUT2D eigenvalue weighted by atomic mass is 16.2. The van der Waals surface area contributed by atoms with E-state index in [-0.39, 0.29) is 11.2 Å². The summed E-state index contributed by atoms with van der Waals surface area (Å²) in [4.78, 5) is 35.3. The first-order chi connectivity index (χ1) is 7.99. The first-order valence-electron chi connectivity index (χ1n) is 5.40. The number of carbonyl (C=O) groups excluding carboxylic acids is 1. The quantitative estimate of drug-likeness (QED) is 0.513. The molecule has 0 radical (unpaired) electrons. The number of aromatic nitrogens is 2. The summed E-state index contributed by atoms with van der Waals surface area (Å²) in [6.07, 6.45) is 3.53. The average molecular weight is 239 g/mol. The molecule has 94 valence electrons. The molecule has 0 aromatic carbocycles. The van der Waals surface area contributed by atoms with Gasteiger partial charge < -0.3 is 14.3 Å². The molecule has 0 spiro atoms. The Balaban J connectivity index is 3.02. The molecule has 0 bridgehead atoms. The van der Waals surface area contributed by atoms with Crippen LogP contribution in [0.2, 0.25) is 0 Å². The zero-order chi connectivity index (χ0) is 13.0. The summed E-state index contributed by atoms with van der Waals surface area (Å²) >= 11 is 0. The Morgan fingerprint density at radius 3 is 2.59 bits per heavy atom. The highest BCUT2D eigenvalue weighted by Crippen LogP contribution is 2.04. The van der Waals surface area contributed by atoms with Crippen molar-refractivity contribution in [3.8, 4) is 0 Å². The molecule has 6 heteroatoms. The number of hydrogen-bond acceptors (Lipinski definition) is 4. The van der Waals surface area contributed by atoms with Crippen molar-refractivity contribution < 1.29 is 4.79 Å². The Labute approximate surface area is 99.1 Å². The molecule has 0 N–H and O–H groups in total. The molecule has 1 heterocycles. The third-order valence-corrected chi connectivity index (χ3v) is 2.66. The topological polar surface area (TPSA) is 64.3 Å². The summed E-state index contributed by atoms with van der Waals surface area (Å²) in [6, 6.07) is 0. The lowest BCUT2D eigenvalue weighted by molar-refractivity contribution is -0.107. The average Bonchev–Trinajstić information content (AvgIpc) is 2.31. The van der Waals surface area contributed by atoms with Gasteiger partial charge in [0.1, 0.15) is 12.0 Å². The van der Waals surface area contributed by atoms with E-state index in [1.165, 1.54) is 17.8 Å². The molecule has 0 saturated carbocycles. The van der Waals surface area contributed by atoms with Crippen LogP contribution in [0, 0.1) is 0 Å². The largest absolute Gasteiger partial charge is 0.369 e. The van der Waals surface area contributed by atoms with E-state index >= 15 is 0 Å². The second-order valence-corrected chi connectivity index (χ2v) is 4.00. The van der Waals surface area contributed by atoms with Gasteiger partial charge in [0.25, 0.3) is 5.56 Å². The molecule has 0 aliphatic carbocycles. The lowest BCUT2D eigenvalue weighted by Crippen LogP contribution is -2.40. The van der Waals surface area contributed by atoms with Crippen LogP contribution in [-0.4, -0.2) is 29.0 Å². The molecule has 1 aromatic heterocycles. The molecule has 0 saturated heterocycles. The molecule has 0 fully saturated rings. The summed E-state index contributed by atoms with van der Waals surface area (Å²) < 4.78 is 2.44. The minimum absolute atomic E-state index is 0.318. The summed E-state index contributed by atoms with van der Waals surface area (Å²) in [7, 11) is 4.82. The summed E-state index contributed by atoms with van der Waals surface area (Å²) in [5.41, 5.74) is -0.206. The predicted molar refractivity (Wildman–Crippen MR) is 65.5 cm³/mol. The molecule has 0 amide bonds. The molecule has 0 unspecified atom stereocenters. The molecule has 6 nitrogen and oxygen atoms in total. The maximum atomic E-state index is 11.9. The van der Waals surface area contributed by atoms with Crippen LogP contribution in [0.3, 0.4) is 0 Å². The maximum absolute atomic E-state index is 11.9. The molecule has 0 atom stereocenters. The molecule has 17 heavy (non-hydrogen) atoms. The van der Waals surface area contributed by atoms with Gasteiger partial charge in [-0.3, -0.25) is 9.36 Å². The fourth-order valence-corrected chi connectivity index (χ4v) is 1.58. The van der Waals surface area contributed by atoms with Crippen molar-refractivity contribution in [3.63, 3.8) is 0 Å². The Morgan fingerprint density at radius 1 is 1.35 bits per heavy atom. The van der Waals surface area contributed by atoms with Gasteiger partial charge in [-0.1, -0.05) is 0 Å². The van der Waals surface area contributed by atoms with Crippen LogP contribution in [0.25, 0.3) is 0 Å². The van der Waals surface area contributed by atoms with Crippen molar-refractivity contribution in [2.24, 2.45) is 14.1 Å². The van der Waals surface area contributed by atoms with Crippen LogP contribution < -0.4 is 16.1 Å². The van der Waals surface area contributed by atoms with Crippen LogP contribution in [-0.2, 0) is 18.9 Å². The van der Waals surface area contributed by atoms with Crippen molar-refractivity contribution >= 4 is 12.0 Å². The van der Waals surface area contributed by atoms with Crippen molar-refractivity contribution in [2.75, 3.05) is 18.5 Å². The normalized spacial score (nSPS) is 10.3. The van der Waals surface area contributed by atoms with E-state index in [9.17, 15) is 14.4 Å². The van der Waals surface area contributed by atoms with E-state index in [0.29, 0.717) is 25.1 Å². The minimum atomic E-state index is -0.347. The number of hydrogen-bond donors (Lipinski definition) is 0. The first-order valence-corrected chi connectivity index (χ1v) is 5.40. The summed E-state index contributed by atoms with van der Waals surface area (Å²) in [6.45, 7) is 0.603. The Hall–Kier alpha value is -1.85. The van der Waals surface area contributed by atoms with Crippen molar-refractivity contribution in [2.45, 2.75) is 12.8 Å². The summed E-state index contributed by atoms with van der Waals surface area (Å²) in [5.74, 6) is 0. The number of aryl methyl sites for hydroxylation is 1. The third-order valence-electron chi connectivity index (χ3n) is 2.66. The van der Waals surface area contributed by atoms with Gasteiger partial charge in [0.05, 0.1) is 0 Å². The van der Waals surface area contributed by atoms with Gasteiger partial charge in [0, 0.05) is 40.3 Å². The van der Waals surface area contributed by atoms with E-state index in [1.807, 2.05) is 0 Å². The Bertz CT molecular complexity index is 516. The number of aldehydes is 1. The Kier molecular flexibility index (Phi) is 4.25. The van der Waals surface area contributed by atoms with Gasteiger partial charge in [-0.25, -0.2) is 4.79 Å². The molecular formula is C11H17N3O3. The van der Waals surface area contributed by atoms with E-state index in [0.717, 1.165) is 10.9 Å². The number of anilines is 1. The van der Waals surface area contributed by atoms with E-state index in [4.69, 9.17) is 0 Å². The number of unbranched alkanes of at least 4 members (excludes halogenated alkanes) is 1. The number of nitrogens with zero attached hydrogens (tertiary/aromatic N) is 3. The van der Waals surface area contributed by atoms with E-state index < -0.39 is 0 Å². The zero-order valence-electron chi connectivity index (χ0n) is 10.3. The highest BCUT2D eigenvalue weighted by Gasteiger charge is 2.10. The molecule has 1 aromatic rings. The van der Waals surface area contributed by atoms with Gasteiger partial charge in [-0.2, -0.15) is 0 Å². The minimum Gasteiger partial charge on any atom is -0.369 e. The monoisotopic (exact) mass is 239 g/mol. The summed E-state index contributed by atoms with van der Waals surface area (Å²) in [5, 5.41) is 0. The van der Waals surface area contributed by atoms with Gasteiger partial charge in [-0.05, 0) is 6.42 Å². The Morgan fingerprint density at radius 2 is 2.00 bits per heavy atom. The van der Waals surface area contributed by atoms with Gasteiger partial charge in [-0.15, -0.1) is 0 Å². The van der Waals surface area contributed by atoms with Crippen molar-refractivity contribution in [1.29, 1.82) is 0 Å². The highest BCUT2D eigenvalue weighted by molar-refractivity contribution is 5.49. The van der Waals surface area contributed by atoms with Gasteiger partial charge >= 0.3 is 5.69 Å². The number of carbonyl (C=O) groups is 1. The zero-order valence-corrected chi connectivity index (χ0v) is 10.3. The third kappa shape index (κ3) is 2.83. The van der Waals surface area contributed by atoms with Gasteiger partial charge in [0.15, 0.2) is 0 Å². The van der Waals surface area contributed by atoms with Crippen LogP contribution in [0.5, 0.6) is 0 Å². The molecular weight excluding hydrogens is 222 g/mol. The molecule has 1 rings (SSSR count). The van der Waals surface area contributed by atoms with Crippen LogP contribution in [0.1, 0.15) is 12.8 Å². The smallest absolute Gasteiger partial charge is 0.330 e. The standard InChI is InChI=1S/C11H17N3O3/c1-12(6-4-5-7-15)9-8-13(2)11(17)14(3)10(9)16/h7-8H,4-6H2,1-3H3. The predicted octanol–water partition coefficient (Wildman–Crippen LogP) is -0.501. The maximum Gasteiger partial charge on any atom is 0.330 e. The number of rotatable bonds is 5. The van der Waals surface area contributed by atoms with Crippen LogP contribution in [0.4, 0.5) is 5.69 Å². The second kappa shape index (κ2) is 5.47. The fraction of sp³-hybridized carbons (Fsp3) is 0.545. The first kappa shape index (κ1) is 13.2. The lowest BCUT2D eigenvalue weighted by Gasteiger charge is -2.19. The van der Waals surface area contributed by atoms with Crippen LogP contribution >= 0.6 is 0 Å². The molecule has 0 aliphatic heterocycles.